The molecule has 6 heteroatoms. The molecule has 0 saturated heterocycles. The van der Waals surface area contributed by atoms with Crippen LogP contribution < -0.4 is 4.18 Å². The van der Waals surface area contributed by atoms with E-state index in [1.807, 2.05) is 6.92 Å². The van der Waals surface area contributed by atoms with Gasteiger partial charge in [-0.05, 0) is 31.2 Å². The fraction of sp³-hybridized carbons (Fsp3) is 0.154. The zero-order valence-corrected chi connectivity index (χ0v) is 11.1. The van der Waals surface area contributed by atoms with Gasteiger partial charge in [0, 0.05) is 0 Å². The lowest BCUT2D eigenvalue weighted by atomic mass is 10.2. The van der Waals surface area contributed by atoms with Crippen LogP contribution in [-0.2, 0) is 16.7 Å². The number of hydrogen-bond acceptors (Lipinski definition) is 5. The molecule has 1 aromatic heterocycles. The van der Waals surface area contributed by atoms with Gasteiger partial charge in [-0.15, -0.1) is 0 Å². The van der Waals surface area contributed by atoms with E-state index in [1.54, 1.807) is 12.1 Å². The van der Waals surface area contributed by atoms with Gasteiger partial charge >= 0.3 is 10.1 Å². The molecule has 0 aliphatic rings. The smallest absolute Gasteiger partial charge is 0.339 e. The van der Waals surface area contributed by atoms with Crippen molar-refractivity contribution in [2.24, 2.45) is 0 Å². The van der Waals surface area contributed by atoms with E-state index in [0.717, 1.165) is 5.56 Å². The SMILES string of the molecule is Cc1ccc(S(=O)(=O)Oc2ccc(CO)nc2)cc1. The molecule has 2 rings (SSSR count). The Morgan fingerprint density at radius 1 is 1.16 bits per heavy atom. The van der Waals surface area contributed by atoms with Gasteiger partial charge in [-0.3, -0.25) is 4.98 Å². The summed E-state index contributed by atoms with van der Waals surface area (Å²) in [5.41, 5.74) is 1.41. The number of benzene rings is 1. The van der Waals surface area contributed by atoms with Crippen molar-refractivity contribution in [1.82, 2.24) is 4.98 Å². The molecule has 0 spiro atoms. The van der Waals surface area contributed by atoms with Crippen LogP contribution in [0.15, 0.2) is 47.5 Å². The van der Waals surface area contributed by atoms with Crippen LogP contribution in [0.4, 0.5) is 0 Å². The van der Waals surface area contributed by atoms with E-state index in [0.29, 0.717) is 5.69 Å². The molecule has 0 amide bonds. The maximum Gasteiger partial charge on any atom is 0.339 e. The monoisotopic (exact) mass is 279 g/mol. The van der Waals surface area contributed by atoms with E-state index in [-0.39, 0.29) is 17.3 Å². The van der Waals surface area contributed by atoms with Crippen molar-refractivity contribution >= 4 is 10.1 Å². The van der Waals surface area contributed by atoms with E-state index in [4.69, 9.17) is 9.29 Å². The lowest BCUT2D eigenvalue weighted by molar-refractivity contribution is 0.276. The lowest BCUT2D eigenvalue weighted by Gasteiger charge is -2.07. The molecule has 0 aliphatic heterocycles. The minimum Gasteiger partial charge on any atom is -0.390 e. The summed E-state index contributed by atoms with van der Waals surface area (Å²) in [7, 11) is -3.85. The van der Waals surface area contributed by atoms with Crippen molar-refractivity contribution in [2.45, 2.75) is 18.4 Å². The zero-order chi connectivity index (χ0) is 13.9. The van der Waals surface area contributed by atoms with Crippen LogP contribution in [0.5, 0.6) is 5.75 Å². The van der Waals surface area contributed by atoms with Crippen LogP contribution in [0.2, 0.25) is 0 Å². The van der Waals surface area contributed by atoms with E-state index in [1.165, 1.54) is 30.5 Å². The Balaban J connectivity index is 2.23. The summed E-state index contributed by atoms with van der Waals surface area (Å²) in [5.74, 6) is 0.109. The fourth-order valence-electron chi connectivity index (χ4n) is 1.43. The first kappa shape index (κ1) is 13.5. The van der Waals surface area contributed by atoms with E-state index in [2.05, 4.69) is 4.98 Å². The largest absolute Gasteiger partial charge is 0.390 e. The van der Waals surface area contributed by atoms with Crippen LogP contribution >= 0.6 is 0 Å². The quantitative estimate of drug-likeness (QED) is 0.861. The summed E-state index contributed by atoms with van der Waals surface area (Å²) >= 11 is 0. The second-order valence-electron chi connectivity index (χ2n) is 3.99. The highest BCUT2D eigenvalue weighted by Crippen LogP contribution is 2.18. The highest BCUT2D eigenvalue weighted by molar-refractivity contribution is 7.87. The predicted molar refractivity (Wildman–Crippen MR) is 69.2 cm³/mol. The predicted octanol–water partition coefficient (Wildman–Crippen LogP) is 1.65. The summed E-state index contributed by atoms with van der Waals surface area (Å²) in [4.78, 5) is 3.94. The number of aliphatic hydroxyl groups excluding tert-OH is 1. The molecular formula is C13H13NO4S. The third-order valence-corrected chi connectivity index (χ3v) is 3.74. The number of rotatable bonds is 4. The van der Waals surface area contributed by atoms with Gasteiger partial charge in [-0.25, -0.2) is 0 Å². The molecule has 19 heavy (non-hydrogen) atoms. The Labute approximate surface area is 111 Å². The zero-order valence-electron chi connectivity index (χ0n) is 10.3. The van der Waals surface area contributed by atoms with Crippen LogP contribution in [0.25, 0.3) is 0 Å². The van der Waals surface area contributed by atoms with Gasteiger partial charge < -0.3 is 9.29 Å². The Morgan fingerprint density at radius 3 is 2.37 bits per heavy atom. The van der Waals surface area contributed by atoms with Crippen molar-refractivity contribution in [1.29, 1.82) is 0 Å². The summed E-state index contributed by atoms with van der Waals surface area (Å²) in [6.07, 6.45) is 1.26. The second-order valence-corrected chi connectivity index (χ2v) is 5.54. The Kier molecular flexibility index (Phi) is 3.82. The van der Waals surface area contributed by atoms with Gasteiger partial charge in [0.1, 0.15) is 4.90 Å². The number of hydrogen-bond donors (Lipinski definition) is 1. The number of aryl methyl sites for hydroxylation is 1. The Hall–Kier alpha value is -1.92. The summed E-state index contributed by atoms with van der Waals surface area (Å²) in [6, 6.07) is 9.32. The summed E-state index contributed by atoms with van der Waals surface area (Å²) in [5, 5.41) is 8.84. The molecule has 100 valence electrons. The topological polar surface area (TPSA) is 76.5 Å². The highest BCUT2D eigenvalue weighted by Gasteiger charge is 2.16. The van der Waals surface area contributed by atoms with Crippen LogP contribution in [0.1, 0.15) is 11.3 Å². The van der Waals surface area contributed by atoms with Gasteiger partial charge in [-0.1, -0.05) is 17.7 Å². The molecule has 0 saturated carbocycles. The third kappa shape index (κ3) is 3.30. The molecule has 1 heterocycles. The minimum absolute atomic E-state index is 0.0873. The molecule has 5 nitrogen and oxygen atoms in total. The van der Waals surface area contributed by atoms with Crippen LogP contribution in [0, 0.1) is 6.92 Å². The average Bonchev–Trinajstić information content (AvgIpc) is 2.40. The normalized spacial score (nSPS) is 11.3. The van der Waals surface area contributed by atoms with E-state index < -0.39 is 10.1 Å². The number of aromatic nitrogens is 1. The Morgan fingerprint density at radius 2 is 1.84 bits per heavy atom. The number of nitrogens with zero attached hydrogens (tertiary/aromatic N) is 1. The maximum atomic E-state index is 12.0. The molecule has 0 atom stereocenters. The first-order valence-electron chi connectivity index (χ1n) is 5.58. The number of pyridine rings is 1. The van der Waals surface area contributed by atoms with Crippen LogP contribution in [0.3, 0.4) is 0 Å². The Bertz CT molecular complexity index is 648. The minimum atomic E-state index is -3.85. The average molecular weight is 279 g/mol. The molecule has 0 fully saturated rings. The van der Waals surface area contributed by atoms with Crippen molar-refractivity contribution in [3.8, 4) is 5.75 Å². The highest BCUT2D eigenvalue weighted by atomic mass is 32.2. The molecule has 0 unspecified atom stereocenters. The van der Waals surface area contributed by atoms with Crippen molar-refractivity contribution in [3.05, 3.63) is 53.9 Å². The summed E-state index contributed by atoms with van der Waals surface area (Å²) < 4.78 is 28.9. The standard InChI is InChI=1S/C13H13NO4S/c1-10-2-6-13(7-3-10)19(16,17)18-12-5-4-11(9-15)14-8-12/h2-8,15H,9H2,1H3. The molecule has 2 aromatic rings. The lowest BCUT2D eigenvalue weighted by Crippen LogP contribution is -2.10. The van der Waals surface area contributed by atoms with Crippen molar-refractivity contribution in [3.63, 3.8) is 0 Å². The first-order valence-corrected chi connectivity index (χ1v) is 6.99. The van der Waals surface area contributed by atoms with Gasteiger partial charge in [0.15, 0.2) is 5.75 Å². The first-order chi connectivity index (χ1) is 9.01. The van der Waals surface area contributed by atoms with Gasteiger partial charge in [-0.2, -0.15) is 8.42 Å². The van der Waals surface area contributed by atoms with E-state index in [9.17, 15) is 8.42 Å². The second kappa shape index (κ2) is 5.38. The molecule has 0 radical (unpaired) electrons. The molecule has 0 bridgehead atoms. The molecular weight excluding hydrogens is 266 g/mol. The van der Waals surface area contributed by atoms with Crippen molar-refractivity contribution in [2.75, 3.05) is 0 Å². The van der Waals surface area contributed by atoms with Crippen LogP contribution in [-0.4, -0.2) is 18.5 Å². The summed E-state index contributed by atoms with van der Waals surface area (Å²) in [6.45, 7) is 1.67. The maximum absolute atomic E-state index is 12.0. The van der Waals surface area contributed by atoms with E-state index >= 15 is 0 Å². The van der Waals surface area contributed by atoms with Gasteiger partial charge in [0.05, 0.1) is 18.5 Å². The third-order valence-electron chi connectivity index (χ3n) is 2.48. The van der Waals surface area contributed by atoms with Crippen molar-refractivity contribution < 1.29 is 17.7 Å². The fourth-order valence-corrected chi connectivity index (χ4v) is 2.35. The molecule has 1 aromatic carbocycles. The van der Waals surface area contributed by atoms with Gasteiger partial charge in [0.25, 0.3) is 0 Å². The molecule has 0 aliphatic carbocycles. The van der Waals surface area contributed by atoms with Gasteiger partial charge in [0.2, 0.25) is 0 Å². The number of aliphatic hydroxyl groups is 1. The molecule has 1 N–H and O–H groups in total.